The molecule has 0 radical (unpaired) electrons. The van der Waals surface area contributed by atoms with Crippen LogP contribution >= 0.6 is 0 Å². The molecule has 0 amide bonds. The minimum absolute atomic E-state index is 0.588. The van der Waals surface area contributed by atoms with Crippen molar-refractivity contribution in [1.29, 1.82) is 0 Å². The van der Waals surface area contributed by atoms with Crippen molar-refractivity contribution < 1.29 is 0 Å². The van der Waals surface area contributed by atoms with Crippen molar-refractivity contribution in [3.05, 3.63) is 33.4 Å². The van der Waals surface area contributed by atoms with Crippen molar-refractivity contribution in [1.82, 2.24) is 0 Å². The average Bonchev–Trinajstić information content (AvgIpc) is 2.34. The minimum Gasteiger partial charge on any atom is -0.0587 e. The van der Waals surface area contributed by atoms with Crippen molar-refractivity contribution in [3.8, 4) is 0 Å². The van der Waals surface area contributed by atoms with Crippen LogP contribution in [0.2, 0.25) is 0 Å². The van der Waals surface area contributed by atoms with Crippen LogP contribution in [0, 0.1) is 6.92 Å². The fourth-order valence-corrected chi connectivity index (χ4v) is 4.34. The first-order valence-corrected chi connectivity index (χ1v) is 9.22. The number of hydrogen-bond acceptors (Lipinski definition) is 0. The molecule has 0 unspecified atom stereocenters. The third-order valence-electron chi connectivity index (χ3n) is 4.86. The smallest absolute Gasteiger partial charge is 0.0213 e. The molecule has 126 valence electrons. The van der Waals surface area contributed by atoms with Crippen molar-refractivity contribution in [2.24, 2.45) is 0 Å². The Balaban J connectivity index is 4.07. The van der Waals surface area contributed by atoms with Gasteiger partial charge in [0.05, 0.1) is 0 Å². The van der Waals surface area contributed by atoms with Gasteiger partial charge in [-0.3, -0.25) is 0 Å². The Morgan fingerprint density at radius 3 is 0.727 bits per heavy atom. The van der Waals surface area contributed by atoms with Gasteiger partial charge in [-0.15, -0.1) is 0 Å². The first-order chi connectivity index (χ1) is 10.0. The van der Waals surface area contributed by atoms with Crippen molar-refractivity contribution in [2.75, 3.05) is 0 Å². The molecule has 0 heteroatoms. The van der Waals surface area contributed by atoms with Crippen LogP contribution in [0.4, 0.5) is 0 Å². The van der Waals surface area contributed by atoms with E-state index in [-0.39, 0.29) is 0 Å². The molecule has 0 spiro atoms. The van der Waals surface area contributed by atoms with E-state index in [2.05, 4.69) is 76.2 Å². The fourth-order valence-electron chi connectivity index (χ4n) is 4.34. The zero-order valence-electron chi connectivity index (χ0n) is 16.9. The first-order valence-electron chi connectivity index (χ1n) is 9.22. The second kappa shape index (κ2) is 7.20. The third-order valence-corrected chi connectivity index (χ3v) is 4.86. The average molecular weight is 303 g/mol. The van der Waals surface area contributed by atoms with Crippen LogP contribution in [0.1, 0.15) is 132 Å². The summed E-state index contributed by atoms with van der Waals surface area (Å²) in [4.78, 5) is 0. The lowest BCUT2D eigenvalue weighted by Crippen LogP contribution is -2.16. The number of benzene rings is 1. The van der Waals surface area contributed by atoms with Gasteiger partial charge in [0.1, 0.15) is 0 Å². The summed E-state index contributed by atoms with van der Waals surface area (Å²) < 4.78 is 0. The van der Waals surface area contributed by atoms with Gasteiger partial charge >= 0.3 is 0 Å². The topological polar surface area (TPSA) is 0 Å². The monoisotopic (exact) mass is 302 g/mol. The van der Waals surface area contributed by atoms with E-state index >= 15 is 0 Å². The molecular formula is C22H38. The molecule has 1 rings (SSSR count). The normalized spacial score (nSPS) is 12.5. The van der Waals surface area contributed by atoms with Crippen molar-refractivity contribution in [3.63, 3.8) is 0 Å². The van der Waals surface area contributed by atoms with Gasteiger partial charge in [0.2, 0.25) is 0 Å². The molecule has 0 aliphatic heterocycles. The fraction of sp³-hybridized carbons (Fsp3) is 0.727. The van der Waals surface area contributed by atoms with Gasteiger partial charge in [0.15, 0.2) is 0 Å². The Hall–Kier alpha value is -0.780. The van der Waals surface area contributed by atoms with E-state index in [1.807, 2.05) is 0 Å². The summed E-state index contributed by atoms with van der Waals surface area (Å²) in [6, 6.07) is 0. The Labute approximate surface area is 139 Å². The highest BCUT2D eigenvalue weighted by atomic mass is 14.3. The number of hydrogen-bond donors (Lipinski definition) is 0. The summed E-state index contributed by atoms with van der Waals surface area (Å²) in [5.41, 5.74) is 9.70. The van der Waals surface area contributed by atoms with E-state index in [0.717, 1.165) is 0 Å². The molecule has 0 heterocycles. The second-order valence-electron chi connectivity index (χ2n) is 8.47. The van der Waals surface area contributed by atoms with Crippen LogP contribution in [-0.2, 0) is 0 Å². The van der Waals surface area contributed by atoms with E-state index in [9.17, 15) is 0 Å². The zero-order chi connectivity index (χ0) is 17.4. The van der Waals surface area contributed by atoms with E-state index in [1.165, 1.54) is 0 Å². The summed E-state index contributed by atoms with van der Waals surface area (Å²) in [6.45, 7) is 26.0. The summed E-state index contributed by atoms with van der Waals surface area (Å²) in [5.74, 6) is 2.95. The molecule has 0 bridgehead atoms. The maximum atomic E-state index is 2.37. The third kappa shape index (κ3) is 3.42. The van der Waals surface area contributed by atoms with Crippen LogP contribution in [0.25, 0.3) is 0 Å². The molecule has 0 aromatic heterocycles. The van der Waals surface area contributed by atoms with Crippen LogP contribution in [0.5, 0.6) is 0 Å². The highest BCUT2D eigenvalue weighted by Crippen LogP contribution is 2.44. The molecule has 0 fully saturated rings. The summed E-state index contributed by atoms with van der Waals surface area (Å²) >= 11 is 0. The molecule has 1 aromatic carbocycles. The van der Waals surface area contributed by atoms with Crippen molar-refractivity contribution >= 4 is 0 Å². The Morgan fingerprint density at radius 2 is 0.545 bits per heavy atom. The first kappa shape index (κ1) is 19.3. The minimum atomic E-state index is 0.588. The van der Waals surface area contributed by atoms with E-state index in [1.54, 1.807) is 33.4 Å². The van der Waals surface area contributed by atoms with E-state index in [4.69, 9.17) is 0 Å². The molecule has 0 aliphatic carbocycles. The molecule has 0 saturated carbocycles. The summed E-state index contributed by atoms with van der Waals surface area (Å²) in [5, 5.41) is 0. The van der Waals surface area contributed by atoms with Gasteiger partial charge < -0.3 is 0 Å². The van der Waals surface area contributed by atoms with Crippen LogP contribution in [-0.4, -0.2) is 0 Å². The Morgan fingerprint density at radius 1 is 0.364 bits per heavy atom. The SMILES string of the molecule is Cc1c(C(C)C)c(C(C)C)c(C(C)C)c(C(C)C)c1C(C)C. The molecular weight excluding hydrogens is 264 g/mol. The van der Waals surface area contributed by atoms with Gasteiger partial charge in [-0.05, 0) is 69.9 Å². The van der Waals surface area contributed by atoms with Gasteiger partial charge in [-0.25, -0.2) is 0 Å². The van der Waals surface area contributed by atoms with Crippen LogP contribution < -0.4 is 0 Å². The predicted octanol–water partition coefficient (Wildman–Crippen LogP) is 7.61. The lowest BCUT2D eigenvalue weighted by atomic mass is 9.72. The summed E-state index contributed by atoms with van der Waals surface area (Å²) in [6.07, 6.45) is 0. The van der Waals surface area contributed by atoms with Gasteiger partial charge in [0, 0.05) is 0 Å². The van der Waals surface area contributed by atoms with Crippen LogP contribution in [0.3, 0.4) is 0 Å². The standard InChI is InChI=1S/C22H38/c1-12(2)18-17(11)19(13(3)4)21(15(7)8)22(16(9)10)20(18)14(5)6/h12-16H,1-11H3. The predicted molar refractivity (Wildman–Crippen MR) is 102 cm³/mol. The van der Waals surface area contributed by atoms with Crippen molar-refractivity contribution in [2.45, 2.75) is 106 Å². The van der Waals surface area contributed by atoms with Crippen LogP contribution in [0.15, 0.2) is 0 Å². The number of rotatable bonds is 5. The summed E-state index contributed by atoms with van der Waals surface area (Å²) in [7, 11) is 0. The quantitative estimate of drug-likeness (QED) is 0.525. The maximum Gasteiger partial charge on any atom is -0.0213 e. The molecule has 0 N–H and O–H groups in total. The van der Waals surface area contributed by atoms with Gasteiger partial charge in [0.25, 0.3) is 0 Å². The lowest BCUT2D eigenvalue weighted by molar-refractivity contribution is 0.691. The molecule has 0 nitrogen and oxygen atoms in total. The van der Waals surface area contributed by atoms with Gasteiger partial charge in [-0.1, -0.05) is 69.2 Å². The molecule has 0 atom stereocenters. The highest BCUT2D eigenvalue weighted by Gasteiger charge is 2.27. The molecule has 0 saturated heterocycles. The molecule has 1 aromatic rings. The molecule has 22 heavy (non-hydrogen) atoms. The second-order valence-corrected chi connectivity index (χ2v) is 8.47. The molecule has 0 aliphatic rings. The van der Waals surface area contributed by atoms with E-state index < -0.39 is 0 Å². The van der Waals surface area contributed by atoms with E-state index in [0.29, 0.717) is 29.6 Å². The largest absolute Gasteiger partial charge is 0.0587 e. The van der Waals surface area contributed by atoms with Gasteiger partial charge in [-0.2, -0.15) is 0 Å². The highest BCUT2D eigenvalue weighted by molar-refractivity contribution is 5.57. The lowest BCUT2D eigenvalue weighted by Gasteiger charge is -2.33. The zero-order valence-corrected chi connectivity index (χ0v) is 16.9. The maximum absolute atomic E-state index is 2.37. The Kier molecular flexibility index (Phi) is 6.30. The Bertz CT molecular complexity index is 472.